The molecule has 3 unspecified atom stereocenters. The Morgan fingerprint density at radius 1 is 1.31 bits per heavy atom. The van der Waals surface area contributed by atoms with Crippen molar-refractivity contribution in [1.29, 1.82) is 0 Å². The number of halogens is 1. The molecular formula is C18H22ClN3O6S. The normalized spacial score (nSPS) is 21.7. The Balaban J connectivity index is 1.84. The molecule has 1 saturated heterocycles. The Morgan fingerprint density at radius 3 is 2.55 bits per heavy atom. The molecule has 0 saturated carbocycles. The fourth-order valence-electron chi connectivity index (χ4n) is 3.05. The molecule has 2 aromatic rings. The first-order valence-corrected chi connectivity index (χ1v) is 10.9. The molecule has 29 heavy (non-hydrogen) atoms. The highest BCUT2D eigenvalue weighted by atomic mass is 35.5. The average molecular weight is 444 g/mol. The number of esters is 1. The van der Waals surface area contributed by atoms with E-state index in [1.807, 2.05) is 0 Å². The molecule has 3 atom stereocenters. The average Bonchev–Trinajstić information content (AvgIpc) is 3.07. The highest BCUT2D eigenvalue weighted by Gasteiger charge is 2.34. The third-order valence-electron chi connectivity index (χ3n) is 4.35. The standard InChI is InChI=1S/C18H22ClN3O6S/c1-10-8-22(9-11(2)26-10)29(24,25)16-7-14(5-6-15(16)19)18(23)27-12(3)17-20-13(4)21-28-17/h5-7,10-12H,8-9H2,1-4H3. The number of nitrogens with zero attached hydrogens (tertiary/aromatic N) is 3. The van der Waals surface area contributed by atoms with Crippen molar-refractivity contribution in [1.82, 2.24) is 14.4 Å². The van der Waals surface area contributed by atoms with Crippen molar-refractivity contribution < 1.29 is 27.2 Å². The zero-order valence-corrected chi connectivity index (χ0v) is 18.0. The number of rotatable bonds is 5. The fraction of sp³-hybridized carbons (Fsp3) is 0.500. The molecule has 158 valence electrons. The summed E-state index contributed by atoms with van der Waals surface area (Å²) in [5.74, 6) is -0.170. The second-order valence-corrected chi connectivity index (χ2v) is 9.27. The minimum atomic E-state index is -3.92. The van der Waals surface area contributed by atoms with Gasteiger partial charge in [-0.25, -0.2) is 13.2 Å². The first-order valence-electron chi connectivity index (χ1n) is 9.04. The largest absolute Gasteiger partial charge is 0.449 e. The number of hydrogen-bond acceptors (Lipinski definition) is 8. The van der Waals surface area contributed by atoms with Crippen LogP contribution in [0.3, 0.4) is 0 Å². The van der Waals surface area contributed by atoms with Crippen LogP contribution in [0.4, 0.5) is 0 Å². The van der Waals surface area contributed by atoms with Crippen LogP contribution >= 0.6 is 11.6 Å². The van der Waals surface area contributed by atoms with Crippen LogP contribution in [-0.4, -0.2) is 54.1 Å². The van der Waals surface area contributed by atoms with E-state index in [2.05, 4.69) is 10.1 Å². The third-order valence-corrected chi connectivity index (χ3v) is 6.66. The molecule has 1 aromatic heterocycles. The van der Waals surface area contributed by atoms with E-state index in [0.29, 0.717) is 5.82 Å². The van der Waals surface area contributed by atoms with Crippen molar-refractivity contribution in [3.05, 3.63) is 40.5 Å². The Morgan fingerprint density at radius 2 is 1.97 bits per heavy atom. The van der Waals surface area contributed by atoms with Gasteiger partial charge in [0.05, 0.1) is 22.8 Å². The van der Waals surface area contributed by atoms with Crippen molar-refractivity contribution in [2.75, 3.05) is 13.1 Å². The van der Waals surface area contributed by atoms with E-state index in [1.54, 1.807) is 27.7 Å². The summed E-state index contributed by atoms with van der Waals surface area (Å²) < 4.78 is 43.4. The second-order valence-electron chi connectivity index (χ2n) is 6.95. The fourth-order valence-corrected chi connectivity index (χ4v) is 5.14. The van der Waals surface area contributed by atoms with Crippen molar-refractivity contribution in [3.63, 3.8) is 0 Å². The number of morpholine rings is 1. The lowest BCUT2D eigenvalue weighted by molar-refractivity contribution is -0.0440. The number of aromatic nitrogens is 2. The van der Waals surface area contributed by atoms with Crippen LogP contribution in [0.1, 0.15) is 48.9 Å². The molecule has 1 aliphatic rings. The summed E-state index contributed by atoms with van der Waals surface area (Å²) in [7, 11) is -3.92. The van der Waals surface area contributed by atoms with E-state index in [1.165, 1.54) is 22.5 Å². The van der Waals surface area contributed by atoms with Gasteiger partial charge in [0.2, 0.25) is 10.0 Å². The van der Waals surface area contributed by atoms with Crippen LogP contribution in [0.2, 0.25) is 5.02 Å². The topological polar surface area (TPSA) is 112 Å². The van der Waals surface area contributed by atoms with Gasteiger partial charge in [-0.2, -0.15) is 9.29 Å². The maximum atomic E-state index is 13.1. The number of sulfonamides is 1. The highest BCUT2D eigenvalue weighted by Crippen LogP contribution is 2.29. The van der Waals surface area contributed by atoms with Gasteiger partial charge >= 0.3 is 5.97 Å². The predicted molar refractivity (Wildman–Crippen MR) is 103 cm³/mol. The minimum absolute atomic E-state index is 0.0222. The summed E-state index contributed by atoms with van der Waals surface area (Å²) in [6.45, 7) is 7.22. The van der Waals surface area contributed by atoms with Crippen LogP contribution in [0.15, 0.2) is 27.6 Å². The van der Waals surface area contributed by atoms with E-state index < -0.39 is 22.1 Å². The van der Waals surface area contributed by atoms with Crippen LogP contribution < -0.4 is 0 Å². The molecule has 0 amide bonds. The van der Waals surface area contributed by atoms with E-state index in [4.69, 9.17) is 25.6 Å². The van der Waals surface area contributed by atoms with Gasteiger partial charge in [-0.3, -0.25) is 0 Å². The molecular weight excluding hydrogens is 422 g/mol. The maximum absolute atomic E-state index is 13.1. The quantitative estimate of drug-likeness (QED) is 0.648. The van der Waals surface area contributed by atoms with E-state index in [-0.39, 0.29) is 46.7 Å². The number of aryl methyl sites for hydroxylation is 1. The van der Waals surface area contributed by atoms with Crippen molar-refractivity contribution in [3.8, 4) is 0 Å². The molecule has 9 nitrogen and oxygen atoms in total. The predicted octanol–water partition coefficient (Wildman–Crippen LogP) is 2.75. The molecule has 2 heterocycles. The molecule has 0 radical (unpaired) electrons. The lowest BCUT2D eigenvalue weighted by Crippen LogP contribution is -2.48. The molecule has 1 aliphatic heterocycles. The molecule has 1 fully saturated rings. The zero-order chi connectivity index (χ0) is 21.3. The number of ether oxygens (including phenoxy) is 2. The van der Waals surface area contributed by atoms with E-state index in [0.717, 1.165) is 0 Å². The van der Waals surface area contributed by atoms with E-state index >= 15 is 0 Å². The van der Waals surface area contributed by atoms with Crippen LogP contribution in [-0.2, 0) is 19.5 Å². The number of hydrogen-bond donors (Lipinski definition) is 0. The van der Waals surface area contributed by atoms with Gasteiger partial charge in [-0.15, -0.1) is 0 Å². The zero-order valence-electron chi connectivity index (χ0n) is 16.5. The Bertz CT molecular complexity index is 999. The maximum Gasteiger partial charge on any atom is 0.338 e. The molecule has 0 aliphatic carbocycles. The summed E-state index contributed by atoms with van der Waals surface area (Å²) in [6, 6.07) is 3.98. The van der Waals surface area contributed by atoms with Crippen molar-refractivity contribution in [2.24, 2.45) is 0 Å². The summed E-state index contributed by atoms with van der Waals surface area (Å²) in [5.41, 5.74) is 0.0467. The smallest absolute Gasteiger partial charge is 0.338 e. The van der Waals surface area contributed by atoms with Gasteiger partial charge in [0, 0.05) is 13.1 Å². The highest BCUT2D eigenvalue weighted by molar-refractivity contribution is 7.89. The van der Waals surface area contributed by atoms with Gasteiger partial charge in [-0.1, -0.05) is 16.8 Å². The number of benzene rings is 1. The Labute approximate surface area is 174 Å². The monoisotopic (exact) mass is 443 g/mol. The summed E-state index contributed by atoms with van der Waals surface area (Å²) in [6.07, 6.45) is -1.29. The Hall–Kier alpha value is -2.01. The molecule has 3 rings (SSSR count). The lowest BCUT2D eigenvalue weighted by Gasteiger charge is -2.34. The van der Waals surface area contributed by atoms with Crippen LogP contribution in [0.5, 0.6) is 0 Å². The van der Waals surface area contributed by atoms with Gasteiger partial charge in [-0.05, 0) is 45.9 Å². The van der Waals surface area contributed by atoms with Crippen molar-refractivity contribution >= 4 is 27.6 Å². The summed E-state index contributed by atoms with van der Waals surface area (Å²) in [4.78, 5) is 16.4. The molecule has 1 aromatic carbocycles. The molecule has 0 N–H and O–H groups in total. The van der Waals surface area contributed by atoms with E-state index in [9.17, 15) is 13.2 Å². The third kappa shape index (κ3) is 4.77. The number of carbonyl (C=O) groups is 1. The summed E-state index contributed by atoms with van der Waals surface area (Å²) >= 11 is 6.16. The minimum Gasteiger partial charge on any atom is -0.449 e. The van der Waals surface area contributed by atoms with Gasteiger partial charge in [0.1, 0.15) is 4.90 Å². The molecule has 0 spiro atoms. The lowest BCUT2D eigenvalue weighted by atomic mass is 10.2. The first-order chi connectivity index (χ1) is 13.6. The van der Waals surface area contributed by atoms with Gasteiger partial charge in [0.25, 0.3) is 5.89 Å². The SMILES string of the molecule is Cc1noc(C(C)OC(=O)c2ccc(Cl)c(S(=O)(=O)N3CC(C)OC(C)C3)c2)n1. The van der Waals surface area contributed by atoms with Crippen molar-refractivity contribution in [2.45, 2.75) is 50.9 Å². The van der Waals surface area contributed by atoms with Crippen LogP contribution in [0, 0.1) is 6.92 Å². The first kappa shape index (κ1) is 21.7. The molecule has 11 heteroatoms. The molecule has 0 bridgehead atoms. The van der Waals surface area contributed by atoms with Gasteiger partial charge < -0.3 is 14.0 Å². The Kier molecular flexibility index (Phi) is 6.27. The van der Waals surface area contributed by atoms with Crippen LogP contribution in [0.25, 0.3) is 0 Å². The second kappa shape index (κ2) is 8.39. The van der Waals surface area contributed by atoms with Gasteiger partial charge in [0.15, 0.2) is 11.9 Å². The summed E-state index contributed by atoms with van der Waals surface area (Å²) in [5, 5.41) is 3.67. The number of carbonyl (C=O) groups excluding carboxylic acids is 1.